The van der Waals surface area contributed by atoms with Gasteiger partial charge in [-0.2, -0.15) is 0 Å². The molecule has 0 bridgehead atoms. The monoisotopic (exact) mass is 344 g/mol. The van der Waals surface area contributed by atoms with Gasteiger partial charge in [0, 0.05) is 43.0 Å². The predicted octanol–water partition coefficient (Wildman–Crippen LogP) is 2.81. The molecule has 1 unspecified atom stereocenters. The maximum atomic E-state index is 12.8. The van der Waals surface area contributed by atoms with E-state index in [9.17, 15) is 9.59 Å². The van der Waals surface area contributed by atoms with Crippen LogP contribution in [0.5, 0.6) is 0 Å². The molecule has 126 valence electrons. The molecule has 3 amide bonds. The molecule has 1 saturated heterocycles. The highest BCUT2D eigenvalue weighted by Gasteiger charge is 2.25. The Balaban J connectivity index is 1.86. The van der Waals surface area contributed by atoms with Gasteiger partial charge in [0.25, 0.3) is 5.91 Å². The number of aryl methyl sites for hydroxylation is 1. The van der Waals surface area contributed by atoms with Crippen LogP contribution in [0.1, 0.15) is 33.9 Å². The van der Waals surface area contributed by atoms with E-state index in [0.29, 0.717) is 18.7 Å². The summed E-state index contributed by atoms with van der Waals surface area (Å²) < 4.78 is 0. The second-order valence-electron chi connectivity index (χ2n) is 5.85. The molecule has 1 aromatic carbocycles. The number of hydrogen-bond acceptors (Lipinski definition) is 4. The number of aromatic nitrogens is 1. The number of benzene rings is 1. The lowest BCUT2D eigenvalue weighted by Gasteiger charge is -2.24. The minimum atomic E-state index is -0.118. The summed E-state index contributed by atoms with van der Waals surface area (Å²) in [4.78, 5) is 32.4. The van der Waals surface area contributed by atoms with Gasteiger partial charge in [-0.1, -0.05) is 6.07 Å². The molecule has 0 saturated carbocycles. The second-order valence-corrected chi connectivity index (χ2v) is 6.77. The van der Waals surface area contributed by atoms with Crippen LogP contribution >= 0.6 is 11.3 Å². The number of urea groups is 1. The number of carbonyl (C=O) groups is 2. The minimum Gasteiger partial charge on any atom is -0.336 e. The highest BCUT2D eigenvalue weighted by atomic mass is 32.1. The topological polar surface area (TPSA) is 65.5 Å². The standard InChI is InChI=1S/C17H20N4O2S/c1-11-4-5-13(10-14(11)21-8-6-19-17(21)23)16(22)20(3)12(2)15-18-7-9-24-15/h4-5,7,9-10,12H,6,8H2,1-3H3,(H,19,23). The molecule has 1 N–H and O–H groups in total. The summed E-state index contributed by atoms with van der Waals surface area (Å²) in [5.74, 6) is -0.0847. The summed E-state index contributed by atoms with van der Waals surface area (Å²) in [6, 6.07) is 5.27. The van der Waals surface area contributed by atoms with Crippen molar-refractivity contribution >= 4 is 29.0 Å². The van der Waals surface area contributed by atoms with Crippen molar-refractivity contribution in [1.82, 2.24) is 15.2 Å². The van der Waals surface area contributed by atoms with Crippen molar-refractivity contribution < 1.29 is 9.59 Å². The van der Waals surface area contributed by atoms with Crippen molar-refractivity contribution in [1.29, 1.82) is 0 Å². The Bertz CT molecular complexity index is 760. The fraction of sp³-hybridized carbons (Fsp3) is 0.353. The first kappa shape index (κ1) is 16.4. The van der Waals surface area contributed by atoms with Crippen LogP contribution in [-0.2, 0) is 0 Å². The fourth-order valence-corrected chi connectivity index (χ4v) is 3.46. The molecule has 2 aromatic rings. The molecule has 0 spiro atoms. The normalized spacial score (nSPS) is 15.3. The van der Waals surface area contributed by atoms with E-state index in [1.54, 1.807) is 35.2 Å². The molecule has 0 radical (unpaired) electrons. The highest BCUT2D eigenvalue weighted by Crippen LogP contribution is 2.26. The van der Waals surface area contributed by atoms with Crippen molar-refractivity contribution in [2.75, 3.05) is 25.0 Å². The molecular formula is C17H20N4O2S. The Morgan fingerprint density at radius 1 is 1.46 bits per heavy atom. The molecule has 24 heavy (non-hydrogen) atoms. The number of rotatable bonds is 4. The molecule has 3 rings (SSSR count). The van der Waals surface area contributed by atoms with E-state index < -0.39 is 0 Å². The largest absolute Gasteiger partial charge is 0.336 e. The van der Waals surface area contributed by atoms with E-state index in [1.165, 1.54) is 11.3 Å². The minimum absolute atomic E-state index is 0.0847. The van der Waals surface area contributed by atoms with Gasteiger partial charge in [-0.3, -0.25) is 9.69 Å². The van der Waals surface area contributed by atoms with Crippen molar-refractivity contribution in [2.45, 2.75) is 19.9 Å². The van der Waals surface area contributed by atoms with Crippen LogP contribution in [-0.4, -0.2) is 42.0 Å². The van der Waals surface area contributed by atoms with Crippen LogP contribution in [0, 0.1) is 6.92 Å². The van der Waals surface area contributed by atoms with Crippen molar-refractivity contribution in [3.05, 3.63) is 45.9 Å². The SMILES string of the molecule is Cc1ccc(C(=O)N(C)C(C)c2nccs2)cc1N1CCNC1=O. The van der Waals surface area contributed by atoms with E-state index in [2.05, 4.69) is 10.3 Å². The first-order chi connectivity index (χ1) is 11.5. The molecule has 1 aromatic heterocycles. The quantitative estimate of drug-likeness (QED) is 0.927. The lowest BCUT2D eigenvalue weighted by Crippen LogP contribution is -2.31. The maximum Gasteiger partial charge on any atom is 0.322 e. The smallest absolute Gasteiger partial charge is 0.322 e. The van der Waals surface area contributed by atoms with Gasteiger partial charge in [0.1, 0.15) is 5.01 Å². The van der Waals surface area contributed by atoms with E-state index in [0.717, 1.165) is 16.3 Å². The maximum absolute atomic E-state index is 12.8. The number of carbonyl (C=O) groups excluding carboxylic acids is 2. The van der Waals surface area contributed by atoms with Crippen molar-refractivity contribution in [2.24, 2.45) is 0 Å². The van der Waals surface area contributed by atoms with Crippen molar-refractivity contribution in [3.63, 3.8) is 0 Å². The van der Waals surface area contributed by atoms with Gasteiger partial charge in [0.15, 0.2) is 0 Å². The third kappa shape index (κ3) is 2.99. The molecule has 1 fully saturated rings. The van der Waals surface area contributed by atoms with Crippen LogP contribution in [0.25, 0.3) is 0 Å². The van der Waals surface area contributed by atoms with Crippen LogP contribution in [0.15, 0.2) is 29.8 Å². The molecular weight excluding hydrogens is 324 g/mol. The molecule has 1 atom stereocenters. The lowest BCUT2D eigenvalue weighted by atomic mass is 10.1. The zero-order valence-electron chi connectivity index (χ0n) is 13.9. The molecule has 0 aliphatic carbocycles. The molecule has 1 aliphatic heterocycles. The fourth-order valence-electron chi connectivity index (χ4n) is 2.72. The molecule has 7 heteroatoms. The van der Waals surface area contributed by atoms with E-state index in [4.69, 9.17) is 0 Å². The first-order valence-electron chi connectivity index (χ1n) is 7.81. The molecule has 1 aliphatic rings. The summed E-state index contributed by atoms with van der Waals surface area (Å²) in [7, 11) is 1.77. The Morgan fingerprint density at radius 2 is 2.25 bits per heavy atom. The third-order valence-corrected chi connectivity index (χ3v) is 5.26. The molecule has 6 nitrogen and oxygen atoms in total. The predicted molar refractivity (Wildman–Crippen MR) is 94.5 cm³/mol. The Morgan fingerprint density at radius 3 is 2.88 bits per heavy atom. The van der Waals surface area contributed by atoms with Crippen LogP contribution in [0.4, 0.5) is 10.5 Å². The first-order valence-corrected chi connectivity index (χ1v) is 8.69. The zero-order valence-corrected chi connectivity index (χ0v) is 14.8. The number of amides is 3. The zero-order chi connectivity index (χ0) is 17.3. The van der Waals surface area contributed by atoms with Gasteiger partial charge in [-0.05, 0) is 31.5 Å². The molecule has 2 heterocycles. The second kappa shape index (κ2) is 6.60. The van der Waals surface area contributed by atoms with Gasteiger partial charge in [-0.25, -0.2) is 9.78 Å². The van der Waals surface area contributed by atoms with Crippen LogP contribution in [0.3, 0.4) is 0 Å². The average molecular weight is 344 g/mol. The van der Waals surface area contributed by atoms with E-state index in [1.807, 2.05) is 25.3 Å². The van der Waals surface area contributed by atoms with Gasteiger partial charge in [0.05, 0.1) is 6.04 Å². The number of anilines is 1. The average Bonchev–Trinajstić information content (AvgIpc) is 3.25. The van der Waals surface area contributed by atoms with E-state index in [-0.39, 0.29) is 18.0 Å². The van der Waals surface area contributed by atoms with Gasteiger partial charge < -0.3 is 10.2 Å². The van der Waals surface area contributed by atoms with Gasteiger partial charge in [-0.15, -0.1) is 11.3 Å². The Hall–Kier alpha value is -2.41. The van der Waals surface area contributed by atoms with Gasteiger partial charge >= 0.3 is 6.03 Å². The van der Waals surface area contributed by atoms with E-state index >= 15 is 0 Å². The summed E-state index contributed by atoms with van der Waals surface area (Å²) in [5, 5.41) is 5.59. The number of hydrogen-bond donors (Lipinski definition) is 1. The van der Waals surface area contributed by atoms with Crippen LogP contribution < -0.4 is 10.2 Å². The third-order valence-electron chi connectivity index (χ3n) is 4.31. The van der Waals surface area contributed by atoms with Gasteiger partial charge in [0.2, 0.25) is 0 Å². The summed E-state index contributed by atoms with van der Waals surface area (Å²) in [6.45, 7) is 5.14. The number of nitrogens with one attached hydrogen (secondary N) is 1. The Labute approximate surface area is 145 Å². The van der Waals surface area contributed by atoms with Crippen LogP contribution in [0.2, 0.25) is 0 Å². The summed E-state index contributed by atoms with van der Waals surface area (Å²) in [5.41, 5.74) is 2.33. The number of nitrogens with zero attached hydrogens (tertiary/aromatic N) is 3. The highest BCUT2D eigenvalue weighted by molar-refractivity contribution is 7.09. The summed E-state index contributed by atoms with van der Waals surface area (Å²) >= 11 is 1.53. The summed E-state index contributed by atoms with van der Waals surface area (Å²) in [6.07, 6.45) is 1.74. The van der Waals surface area contributed by atoms with Crippen molar-refractivity contribution in [3.8, 4) is 0 Å². The Kier molecular flexibility index (Phi) is 4.53. The lowest BCUT2D eigenvalue weighted by molar-refractivity contribution is 0.0742. The number of thiazole rings is 1.